The lowest BCUT2D eigenvalue weighted by Crippen LogP contribution is -2.46. The molecule has 0 saturated carbocycles. The van der Waals surface area contributed by atoms with E-state index in [2.05, 4.69) is 20.1 Å². The molecule has 6 nitrogen and oxygen atoms in total. The molecule has 2 aliphatic rings. The van der Waals surface area contributed by atoms with Gasteiger partial charge in [0, 0.05) is 44.8 Å². The first-order valence-electron chi connectivity index (χ1n) is 9.60. The predicted molar refractivity (Wildman–Crippen MR) is 116 cm³/mol. The molecule has 9 heteroatoms. The van der Waals surface area contributed by atoms with Crippen molar-refractivity contribution in [2.45, 2.75) is 19.4 Å². The van der Waals surface area contributed by atoms with Crippen LogP contribution in [0.3, 0.4) is 0 Å². The Labute approximate surface area is 182 Å². The van der Waals surface area contributed by atoms with Gasteiger partial charge in [0.15, 0.2) is 17.6 Å². The molecule has 0 bridgehead atoms. The van der Waals surface area contributed by atoms with Crippen LogP contribution in [-0.4, -0.2) is 80.9 Å². The summed E-state index contributed by atoms with van der Waals surface area (Å²) in [5.41, 5.74) is 0. The SMILES string of the molecule is CCNC(=NCCOc1ccc(F)c(F)c1)N1CCC(N2CCOCC2)C1.I. The van der Waals surface area contributed by atoms with Gasteiger partial charge in [0.25, 0.3) is 0 Å². The summed E-state index contributed by atoms with van der Waals surface area (Å²) in [5.74, 6) is -0.598. The Balaban J connectivity index is 0.00000280. The molecule has 1 aromatic rings. The molecule has 28 heavy (non-hydrogen) atoms. The fourth-order valence-electron chi connectivity index (χ4n) is 3.48. The van der Waals surface area contributed by atoms with Gasteiger partial charge in [-0.3, -0.25) is 4.90 Å². The average Bonchev–Trinajstić information content (AvgIpc) is 3.18. The van der Waals surface area contributed by atoms with Crippen LogP contribution in [0.1, 0.15) is 13.3 Å². The van der Waals surface area contributed by atoms with Gasteiger partial charge in [0.2, 0.25) is 0 Å². The van der Waals surface area contributed by atoms with Crippen LogP contribution in [0.2, 0.25) is 0 Å². The molecular formula is C19H29F2IN4O2. The summed E-state index contributed by atoms with van der Waals surface area (Å²) in [6, 6.07) is 4.07. The number of rotatable bonds is 6. The van der Waals surface area contributed by atoms with E-state index in [1.165, 1.54) is 6.07 Å². The van der Waals surface area contributed by atoms with Crippen molar-refractivity contribution in [2.75, 3.05) is 59.1 Å². The maximum absolute atomic E-state index is 13.2. The minimum absolute atomic E-state index is 0. The van der Waals surface area contributed by atoms with Gasteiger partial charge in [0.1, 0.15) is 12.4 Å². The van der Waals surface area contributed by atoms with E-state index in [9.17, 15) is 8.78 Å². The summed E-state index contributed by atoms with van der Waals surface area (Å²) in [6.07, 6.45) is 1.12. The fourth-order valence-corrected chi connectivity index (χ4v) is 3.48. The van der Waals surface area contributed by atoms with E-state index in [0.717, 1.165) is 70.5 Å². The van der Waals surface area contributed by atoms with E-state index in [1.807, 2.05) is 6.92 Å². The number of aliphatic imine (C=N–C) groups is 1. The molecule has 0 spiro atoms. The Kier molecular flexibility index (Phi) is 9.66. The second kappa shape index (κ2) is 11.7. The molecule has 2 fully saturated rings. The van der Waals surface area contributed by atoms with Crippen LogP contribution in [0.5, 0.6) is 5.75 Å². The number of hydrogen-bond donors (Lipinski definition) is 1. The molecule has 1 unspecified atom stereocenters. The Hall–Kier alpha value is -1.20. The molecule has 1 N–H and O–H groups in total. The van der Waals surface area contributed by atoms with Crippen LogP contribution in [0.25, 0.3) is 0 Å². The van der Waals surface area contributed by atoms with Crippen molar-refractivity contribution in [3.63, 3.8) is 0 Å². The van der Waals surface area contributed by atoms with E-state index in [4.69, 9.17) is 9.47 Å². The third-order valence-electron chi connectivity index (χ3n) is 4.87. The Bertz CT molecular complexity index is 644. The quantitative estimate of drug-likeness (QED) is 0.276. The number of benzene rings is 1. The monoisotopic (exact) mass is 510 g/mol. The third kappa shape index (κ3) is 6.41. The van der Waals surface area contributed by atoms with Gasteiger partial charge in [-0.25, -0.2) is 13.8 Å². The van der Waals surface area contributed by atoms with Crippen molar-refractivity contribution in [1.82, 2.24) is 15.1 Å². The first-order valence-corrected chi connectivity index (χ1v) is 9.60. The van der Waals surface area contributed by atoms with Crippen LogP contribution in [0.15, 0.2) is 23.2 Å². The van der Waals surface area contributed by atoms with Crippen molar-refractivity contribution in [1.29, 1.82) is 0 Å². The van der Waals surface area contributed by atoms with E-state index in [-0.39, 0.29) is 24.0 Å². The third-order valence-corrected chi connectivity index (χ3v) is 4.87. The summed E-state index contributed by atoms with van der Waals surface area (Å²) in [7, 11) is 0. The van der Waals surface area contributed by atoms with E-state index in [1.54, 1.807) is 0 Å². The van der Waals surface area contributed by atoms with Crippen LogP contribution < -0.4 is 10.1 Å². The van der Waals surface area contributed by atoms with Crippen molar-refractivity contribution in [2.24, 2.45) is 4.99 Å². The van der Waals surface area contributed by atoms with Crippen molar-refractivity contribution >= 4 is 29.9 Å². The molecule has 1 aromatic carbocycles. The standard InChI is InChI=1S/C19H28F2N4O2.HI/c1-2-22-19(23-6-10-27-16-3-4-17(20)18(21)13-16)25-7-5-15(14-25)24-8-11-26-12-9-24;/h3-4,13,15H,2,5-12,14H2,1H3,(H,22,23);1H. The van der Waals surface area contributed by atoms with Crippen LogP contribution >= 0.6 is 24.0 Å². The number of likely N-dealkylation sites (tertiary alicyclic amines) is 1. The molecule has 3 rings (SSSR count). The number of guanidine groups is 1. The molecular weight excluding hydrogens is 481 g/mol. The number of morpholine rings is 1. The van der Waals surface area contributed by atoms with Crippen molar-refractivity contribution in [3.8, 4) is 5.75 Å². The number of hydrogen-bond acceptors (Lipinski definition) is 4. The lowest BCUT2D eigenvalue weighted by Gasteiger charge is -2.32. The van der Waals surface area contributed by atoms with E-state index >= 15 is 0 Å². The first-order chi connectivity index (χ1) is 13.2. The Morgan fingerprint density at radius 1 is 1.25 bits per heavy atom. The maximum Gasteiger partial charge on any atom is 0.194 e. The molecule has 0 radical (unpaired) electrons. The van der Waals surface area contributed by atoms with Crippen LogP contribution in [0.4, 0.5) is 8.78 Å². The van der Waals surface area contributed by atoms with Crippen molar-refractivity contribution < 1.29 is 18.3 Å². The Morgan fingerprint density at radius 2 is 2.04 bits per heavy atom. The smallest absolute Gasteiger partial charge is 0.194 e. The predicted octanol–water partition coefficient (Wildman–Crippen LogP) is 2.33. The van der Waals surface area contributed by atoms with Gasteiger partial charge in [0.05, 0.1) is 19.8 Å². The lowest BCUT2D eigenvalue weighted by molar-refractivity contribution is 0.0195. The molecule has 0 aliphatic carbocycles. The normalized spacial score (nSPS) is 20.8. The maximum atomic E-state index is 13.2. The summed E-state index contributed by atoms with van der Waals surface area (Å²) < 4.78 is 37.0. The first kappa shape index (κ1) is 23.1. The summed E-state index contributed by atoms with van der Waals surface area (Å²) >= 11 is 0. The highest BCUT2D eigenvalue weighted by Crippen LogP contribution is 2.17. The zero-order valence-corrected chi connectivity index (χ0v) is 18.5. The molecule has 0 aromatic heterocycles. The Morgan fingerprint density at radius 3 is 2.75 bits per heavy atom. The molecule has 2 aliphatic heterocycles. The second-order valence-corrected chi connectivity index (χ2v) is 6.70. The highest BCUT2D eigenvalue weighted by Gasteiger charge is 2.30. The number of nitrogens with zero attached hydrogens (tertiary/aromatic N) is 3. The summed E-state index contributed by atoms with van der Waals surface area (Å²) in [6.45, 7) is 9.12. The highest BCUT2D eigenvalue weighted by molar-refractivity contribution is 14.0. The lowest BCUT2D eigenvalue weighted by atomic mass is 10.2. The number of halogens is 3. The zero-order chi connectivity index (χ0) is 19.1. The molecule has 2 saturated heterocycles. The van der Waals surface area contributed by atoms with Crippen LogP contribution in [0, 0.1) is 11.6 Å². The van der Waals surface area contributed by atoms with Gasteiger partial charge in [-0.1, -0.05) is 0 Å². The number of ether oxygens (including phenoxy) is 2. The molecule has 158 valence electrons. The number of nitrogens with one attached hydrogen (secondary N) is 1. The van der Waals surface area contributed by atoms with E-state index in [0.29, 0.717) is 24.9 Å². The van der Waals surface area contributed by atoms with Gasteiger partial charge in [-0.05, 0) is 25.5 Å². The van der Waals surface area contributed by atoms with E-state index < -0.39 is 11.6 Å². The minimum Gasteiger partial charge on any atom is -0.492 e. The average molecular weight is 510 g/mol. The zero-order valence-electron chi connectivity index (χ0n) is 16.2. The van der Waals surface area contributed by atoms with Gasteiger partial charge in [-0.2, -0.15) is 0 Å². The topological polar surface area (TPSA) is 49.3 Å². The summed E-state index contributed by atoms with van der Waals surface area (Å²) in [5, 5.41) is 3.33. The molecule has 2 heterocycles. The van der Waals surface area contributed by atoms with Gasteiger partial charge >= 0.3 is 0 Å². The van der Waals surface area contributed by atoms with Crippen LogP contribution in [-0.2, 0) is 4.74 Å². The van der Waals surface area contributed by atoms with Gasteiger partial charge in [-0.15, -0.1) is 24.0 Å². The molecule has 0 amide bonds. The fraction of sp³-hybridized carbons (Fsp3) is 0.632. The second-order valence-electron chi connectivity index (χ2n) is 6.70. The van der Waals surface area contributed by atoms with Gasteiger partial charge < -0.3 is 19.7 Å². The molecule has 1 atom stereocenters. The largest absolute Gasteiger partial charge is 0.492 e. The minimum atomic E-state index is -0.907. The van der Waals surface area contributed by atoms with Crippen molar-refractivity contribution in [3.05, 3.63) is 29.8 Å². The highest BCUT2D eigenvalue weighted by atomic mass is 127. The summed E-state index contributed by atoms with van der Waals surface area (Å²) in [4.78, 5) is 9.40.